The van der Waals surface area contributed by atoms with Crippen LogP contribution < -0.4 is 0 Å². The summed E-state index contributed by atoms with van der Waals surface area (Å²) in [6.07, 6.45) is -3.39. The van der Waals surface area contributed by atoms with Gasteiger partial charge < -0.3 is 43.4 Å². The highest BCUT2D eigenvalue weighted by atomic mass is 16.6. The van der Waals surface area contributed by atoms with Crippen molar-refractivity contribution in [2.24, 2.45) is 0 Å². The third-order valence-electron chi connectivity index (χ3n) is 3.98. The van der Waals surface area contributed by atoms with Crippen molar-refractivity contribution in [3.8, 4) is 0 Å². The fourth-order valence-corrected chi connectivity index (χ4v) is 2.27. The molecule has 9 nitrogen and oxygen atoms in total. The maximum absolute atomic E-state index is 11.5. The average molecular weight is 348 g/mol. The molecule has 3 aliphatic heterocycles. The van der Waals surface area contributed by atoms with Crippen molar-refractivity contribution in [1.82, 2.24) is 0 Å². The van der Waals surface area contributed by atoms with Crippen molar-refractivity contribution >= 4 is 6.29 Å². The van der Waals surface area contributed by atoms with Crippen LogP contribution >= 0.6 is 0 Å². The van der Waals surface area contributed by atoms with Gasteiger partial charge in [0.1, 0.15) is 42.7 Å². The van der Waals surface area contributed by atoms with Gasteiger partial charge in [-0.3, -0.25) is 0 Å². The van der Waals surface area contributed by atoms with Gasteiger partial charge in [0.15, 0.2) is 6.29 Å². The van der Waals surface area contributed by atoms with E-state index in [0.717, 1.165) is 0 Å². The second-order valence-corrected chi connectivity index (χ2v) is 6.15. The van der Waals surface area contributed by atoms with Crippen LogP contribution in [-0.2, 0) is 33.2 Å². The monoisotopic (exact) mass is 348 g/mol. The van der Waals surface area contributed by atoms with Crippen molar-refractivity contribution in [3.05, 3.63) is 0 Å². The number of rotatable bonds is 14. The summed E-state index contributed by atoms with van der Waals surface area (Å²) in [7, 11) is 0. The predicted octanol–water partition coefficient (Wildman–Crippen LogP) is -2.11. The number of hydrogen-bond donors (Lipinski definition) is 2. The lowest BCUT2D eigenvalue weighted by atomic mass is 10.0. The molecule has 3 rings (SSSR count). The van der Waals surface area contributed by atoms with E-state index < -0.39 is 31.0 Å². The molecular weight excluding hydrogens is 324 g/mol. The molecule has 0 spiro atoms. The van der Waals surface area contributed by atoms with Crippen molar-refractivity contribution in [2.45, 2.75) is 42.7 Å². The Hall–Kier alpha value is -0.650. The van der Waals surface area contributed by atoms with Crippen LogP contribution in [0.5, 0.6) is 0 Å². The van der Waals surface area contributed by atoms with Gasteiger partial charge >= 0.3 is 0 Å². The highest BCUT2D eigenvalue weighted by molar-refractivity contribution is 5.57. The number of carbonyl (C=O) groups is 1. The molecule has 2 N–H and O–H groups in total. The summed E-state index contributed by atoms with van der Waals surface area (Å²) in [6, 6.07) is 0. The van der Waals surface area contributed by atoms with E-state index >= 15 is 0 Å². The number of aliphatic hydroxyl groups is 2. The summed E-state index contributed by atoms with van der Waals surface area (Å²) < 4.78 is 32.2. The van der Waals surface area contributed by atoms with E-state index in [1.807, 2.05) is 0 Å². The van der Waals surface area contributed by atoms with Gasteiger partial charge in [-0.1, -0.05) is 0 Å². The van der Waals surface area contributed by atoms with E-state index in [0.29, 0.717) is 26.1 Å². The molecule has 0 amide bonds. The van der Waals surface area contributed by atoms with E-state index in [9.17, 15) is 15.0 Å². The summed E-state index contributed by atoms with van der Waals surface area (Å²) in [5.74, 6) is 0. The first-order valence-corrected chi connectivity index (χ1v) is 8.15. The standard InChI is InChI=1S/C15H24O9/c16-1-12(18)14(23-7-10-4-20-10)15(24-8-11-5-21-11)13(2-17)22-6-9-3-19-9/h2,9-16,18H,1,3-8H2/t9?,10?,11?,12-,13+,14-,15-/m1/s1. The Balaban J connectivity index is 1.62. The normalized spacial score (nSPS) is 32.7. The number of epoxide rings is 3. The van der Waals surface area contributed by atoms with Crippen LogP contribution in [0, 0.1) is 0 Å². The summed E-state index contributed by atoms with van der Waals surface area (Å²) in [4.78, 5) is 11.5. The smallest absolute Gasteiger partial charge is 0.151 e. The van der Waals surface area contributed by atoms with E-state index in [2.05, 4.69) is 0 Å². The minimum atomic E-state index is -1.21. The van der Waals surface area contributed by atoms with Crippen LogP contribution in [0.4, 0.5) is 0 Å². The SMILES string of the molecule is O=C[C@H](OCC1CO1)[C@@H](OCC1CO1)[C@H](OCC1CO1)[C@H](O)CO. The lowest BCUT2D eigenvalue weighted by Crippen LogP contribution is -2.51. The average Bonchev–Trinajstić information content (AvgIpc) is 3.45. The Kier molecular flexibility index (Phi) is 6.53. The largest absolute Gasteiger partial charge is 0.394 e. The van der Waals surface area contributed by atoms with Crippen LogP contribution in [0.15, 0.2) is 0 Å². The molecule has 0 bridgehead atoms. The fourth-order valence-electron chi connectivity index (χ4n) is 2.27. The summed E-state index contributed by atoms with van der Waals surface area (Å²) in [5.41, 5.74) is 0. The second kappa shape index (κ2) is 8.63. The van der Waals surface area contributed by atoms with E-state index in [-0.39, 0.29) is 38.1 Å². The highest BCUT2D eigenvalue weighted by Gasteiger charge is 2.40. The molecule has 0 aromatic carbocycles. The Morgan fingerprint density at radius 1 is 0.917 bits per heavy atom. The molecule has 138 valence electrons. The molecule has 3 fully saturated rings. The Bertz CT molecular complexity index is 394. The third kappa shape index (κ3) is 5.71. The van der Waals surface area contributed by atoms with Crippen LogP contribution in [-0.4, -0.2) is 105 Å². The minimum absolute atomic E-state index is 0.0122. The van der Waals surface area contributed by atoms with Crippen molar-refractivity contribution < 1.29 is 43.4 Å². The predicted molar refractivity (Wildman–Crippen MR) is 77.6 cm³/mol. The molecule has 3 unspecified atom stereocenters. The first kappa shape index (κ1) is 18.2. The third-order valence-corrected chi connectivity index (χ3v) is 3.98. The Morgan fingerprint density at radius 2 is 1.38 bits per heavy atom. The quantitative estimate of drug-likeness (QED) is 0.268. The Morgan fingerprint density at radius 3 is 1.79 bits per heavy atom. The molecular formula is C15H24O9. The molecule has 24 heavy (non-hydrogen) atoms. The maximum Gasteiger partial charge on any atom is 0.151 e. The number of carbonyl (C=O) groups excluding carboxylic acids is 1. The highest BCUT2D eigenvalue weighted by Crippen LogP contribution is 2.21. The number of aldehydes is 1. The van der Waals surface area contributed by atoms with Gasteiger partial charge in [0.25, 0.3) is 0 Å². The van der Waals surface area contributed by atoms with E-state index in [1.165, 1.54) is 0 Å². The van der Waals surface area contributed by atoms with Crippen LogP contribution in [0.25, 0.3) is 0 Å². The second-order valence-electron chi connectivity index (χ2n) is 6.15. The molecule has 0 aliphatic carbocycles. The molecule has 0 saturated carbocycles. The lowest BCUT2D eigenvalue weighted by Gasteiger charge is -2.33. The summed E-state index contributed by atoms with van der Waals surface area (Å²) in [6.45, 7) is 2.04. The molecule has 0 aromatic rings. The summed E-state index contributed by atoms with van der Waals surface area (Å²) in [5, 5.41) is 19.4. The molecule has 9 heteroatoms. The first-order valence-electron chi connectivity index (χ1n) is 8.15. The lowest BCUT2D eigenvalue weighted by molar-refractivity contribution is -0.177. The Labute approximate surface area is 139 Å². The van der Waals surface area contributed by atoms with Gasteiger partial charge in [-0.25, -0.2) is 0 Å². The van der Waals surface area contributed by atoms with E-state index in [1.54, 1.807) is 0 Å². The molecule has 3 saturated heterocycles. The molecule has 0 aromatic heterocycles. The topological polar surface area (TPSA) is 123 Å². The van der Waals surface area contributed by atoms with Gasteiger partial charge in [-0.15, -0.1) is 0 Å². The van der Waals surface area contributed by atoms with Crippen LogP contribution in [0.1, 0.15) is 0 Å². The molecule has 3 aliphatic rings. The number of ether oxygens (including phenoxy) is 6. The van der Waals surface area contributed by atoms with Crippen LogP contribution in [0.2, 0.25) is 0 Å². The fraction of sp³-hybridized carbons (Fsp3) is 0.933. The van der Waals surface area contributed by atoms with Gasteiger partial charge in [0.05, 0.1) is 46.2 Å². The first-order chi connectivity index (χ1) is 11.7. The maximum atomic E-state index is 11.5. The van der Waals surface area contributed by atoms with Crippen molar-refractivity contribution in [1.29, 1.82) is 0 Å². The van der Waals surface area contributed by atoms with Crippen LogP contribution in [0.3, 0.4) is 0 Å². The van der Waals surface area contributed by atoms with Crippen molar-refractivity contribution in [2.75, 3.05) is 46.2 Å². The van der Waals surface area contributed by atoms with Gasteiger partial charge in [-0.05, 0) is 0 Å². The molecule has 7 atom stereocenters. The van der Waals surface area contributed by atoms with Gasteiger partial charge in [0, 0.05) is 0 Å². The zero-order chi connectivity index (χ0) is 16.9. The summed E-state index contributed by atoms with van der Waals surface area (Å²) >= 11 is 0. The minimum Gasteiger partial charge on any atom is -0.394 e. The van der Waals surface area contributed by atoms with E-state index in [4.69, 9.17) is 28.4 Å². The number of aliphatic hydroxyl groups excluding tert-OH is 2. The molecule has 0 radical (unpaired) electrons. The van der Waals surface area contributed by atoms with Crippen molar-refractivity contribution in [3.63, 3.8) is 0 Å². The number of hydrogen-bond acceptors (Lipinski definition) is 9. The zero-order valence-corrected chi connectivity index (χ0v) is 13.3. The molecule has 3 heterocycles. The zero-order valence-electron chi connectivity index (χ0n) is 13.3. The van der Waals surface area contributed by atoms with Gasteiger partial charge in [-0.2, -0.15) is 0 Å². The van der Waals surface area contributed by atoms with Gasteiger partial charge in [0.2, 0.25) is 0 Å².